The van der Waals surface area contributed by atoms with Gasteiger partial charge in [-0.2, -0.15) is 0 Å². The van der Waals surface area contributed by atoms with Crippen molar-refractivity contribution in [2.24, 2.45) is 0 Å². The summed E-state index contributed by atoms with van der Waals surface area (Å²) >= 11 is 0.508. The Morgan fingerprint density at radius 3 is 2.32 bits per heavy atom. The van der Waals surface area contributed by atoms with E-state index < -0.39 is 0 Å². The normalized spacial score (nSPS) is 12.1. The van der Waals surface area contributed by atoms with Crippen LogP contribution in [0.1, 0.15) is 65.2 Å². The van der Waals surface area contributed by atoms with E-state index in [1.807, 2.05) is 6.92 Å². The van der Waals surface area contributed by atoms with Crippen molar-refractivity contribution < 1.29 is 14.3 Å². The van der Waals surface area contributed by atoms with E-state index in [1.165, 1.54) is 41.9 Å². The number of esters is 1. The van der Waals surface area contributed by atoms with Crippen LogP contribution in [0.25, 0.3) is 0 Å². The Morgan fingerprint density at radius 2 is 1.64 bits per heavy atom. The van der Waals surface area contributed by atoms with E-state index in [-0.39, 0.29) is 5.97 Å². The molecule has 1 aromatic carbocycles. The van der Waals surface area contributed by atoms with Gasteiger partial charge in [0, 0.05) is 0 Å². The number of hydrogen-bond donors (Lipinski definition) is 0. The van der Waals surface area contributed by atoms with Gasteiger partial charge in [0.15, 0.2) is 0 Å². The molecule has 142 valence electrons. The topological polar surface area (TPSA) is 35.5 Å². The van der Waals surface area contributed by atoms with Crippen LogP contribution < -0.4 is 4.46 Å². The summed E-state index contributed by atoms with van der Waals surface area (Å²) in [5, 5.41) is 1.17. The summed E-state index contributed by atoms with van der Waals surface area (Å²) < 4.78 is 12.3. The Balaban J connectivity index is 2.04. The summed E-state index contributed by atoms with van der Waals surface area (Å²) in [5.74, 6) is -0.0534. The molecule has 0 amide bonds. The molecule has 0 bridgehead atoms. The molecule has 0 aromatic heterocycles. The summed E-state index contributed by atoms with van der Waals surface area (Å²) in [6, 6.07) is 10.8. The van der Waals surface area contributed by atoms with Crippen molar-refractivity contribution in [1.29, 1.82) is 0 Å². The van der Waals surface area contributed by atoms with Gasteiger partial charge in [-0.25, -0.2) is 0 Å². The maximum absolute atomic E-state index is 11.2. The molecule has 0 radical (unpaired) electrons. The molecule has 0 heterocycles. The van der Waals surface area contributed by atoms with Crippen LogP contribution in [-0.4, -0.2) is 40.2 Å². The van der Waals surface area contributed by atoms with Crippen molar-refractivity contribution in [2.45, 2.75) is 76.6 Å². The fourth-order valence-electron chi connectivity index (χ4n) is 2.74. The van der Waals surface area contributed by atoms with Crippen LogP contribution in [0, 0.1) is 0 Å². The van der Waals surface area contributed by atoms with Crippen molar-refractivity contribution in [3.63, 3.8) is 0 Å². The van der Waals surface area contributed by atoms with Crippen LogP contribution in [0.3, 0.4) is 0 Å². The zero-order valence-electron chi connectivity index (χ0n) is 15.9. The Labute approximate surface area is 160 Å². The molecule has 0 aliphatic carbocycles. The van der Waals surface area contributed by atoms with Crippen molar-refractivity contribution in [2.75, 3.05) is 13.2 Å². The summed E-state index contributed by atoms with van der Waals surface area (Å²) in [6.07, 6.45) is 9.22. The Morgan fingerprint density at radius 1 is 0.960 bits per heavy atom. The quantitative estimate of drug-likeness (QED) is 0.241. The van der Waals surface area contributed by atoms with Gasteiger partial charge in [0.1, 0.15) is 0 Å². The third-order valence-electron chi connectivity index (χ3n) is 4.04. The first-order valence-electron chi connectivity index (χ1n) is 9.71. The SMILES string of the molecule is CCOC(=O)CCCCCCCCC(C[Se]c1ccccc1)OCC. The second-order valence-electron chi connectivity index (χ2n) is 6.17. The van der Waals surface area contributed by atoms with Gasteiger partial charge in [0.2, 0.25) is 0 Å². The third-order valence-corrected chi connectivity index (χ3v) is 6.44. The molecule has 0 N–H and O–H groups in total. The third kappa shape index (κ3) is 12.2. The molecular formula is C21H34O3Se. The second kappa shape index (κ2) is 15.4. The molecule has 0 saturated carbocycles. The van der Waals surface area contributed by atoms with Gasteiger partial charge in [0.25, 0.3) is 0 Å². The molecule has 25 heavy (non-hydrogen) atoms. The van der Waals surface area contributed by atoms with E-state index in [9.17, 15) is 4.79 Å². The fraction of sp³-hybridized carbons (Fsp3) is 0.667. The zero-order chi connectivity index (χ0) is 18.2. The average molecular weight is 413 g/mol. The molecule has 0 spiro atoms. The molecule has 0 fully saturated rings. The van der Waals surface area contributed by atoms with Crippen molar-refractivity contribution in [3.8, 4) is 0 Å². The van der Waals surface area contributed by atoms with Gasteiger partial charge >= 0.3 is 146 Å². The Kier molecular flexibility index (Phi) is 13.7. The summed E-state index contributed by atoms with van der Waals surface area (Å²) in [6.45, 7) is 5.25. The first-order chi connectivity index (χ1) is 12.3. The molecule has 4 heteroatoms. The van der Waals surface area contributed by atoms with E-state index in [1.54, 1.807) is 0 Å². The summed E-state index contributed by atoms with van der Waals surface area (Å²) in [5.41, 5.74) is 0. The fourth-order valence-corrected chi connectivity index (χ4v) is 4.82. The summed E-state index contributed by atoms with van der Waals surface area (Å²) in [4.78, 5) is 11.2. The number of hydrogen-bond acceptors (Lipinski definition) is 3. The first kappa shape index (κ1) is 22.2. The molecule has 0 aliphatic heterocycles. The van der Waals surface area contributed by atoms with E-state index in [0.29, 0.717) is 34.1 Å². The van der Waals surface area contributed by atoms with E-state index in [4.69, 9.17) is 9.47 Å². The number of rotatable bonds is 15. The number of benzene rings is 1. The standard InChI is InChI=1S/C21H34O3Se/c1-3-23-19(18-25-20-15-11-9-12-16-20)14-10-7-5-6-8-13-17-21(22)24-4-2/h9,11-12,15-16,19H,3-8,10,13-14,17-18H2,1-2H3. The molecule has 1 aromatic rings. The number of carbonyl (C=O) groups excluding carboxylic acids is 1. The molecular weight excluding hydrogens is 379 g/mol. The van der Waals surface area contributed by atoms with E-state index >= 15 is 0 Å². The molecule has 1 unspecified atom stereocenters. The van der Waals surface area contributed by atoms with Gasteiger partial charge in [-0.05, 0) is 6.92 Å². The van der Waals surface area contributed by atoms with E-state index in [2.05, 4.69) is 37.3 Å². The minimum absolute atomic E-state index is 0.0534. The first-order valence-corrected chi connectivity index (χ1v) is 11.8. The molecule has 0 saturated heterocycles. The zero-order valence-corrected chi connectivity index (χ0v) is 17.6. The number of ether oxygens (including phenoxy) is 2. The van der Waals surface area contributed by atoms with Crippen LogP contribution in [0.2, 0.25) is 5.32 Å². The van der Waals surface area contributed by atoms with Gasteiger partial charge in [-0.3, -0.25) is 0 Å². The average Bonchev–Trinajstić information content (AvgIpc) is 2.63. The van der Waals surface area contributed by atoms with Gasteiger partial charge < -0.3 is 0 Å². The van der Waals surface area contributed by atoms with E-state index in [0.717, 1.165) is 19.4 Å². The van der Waals surface area contributed by atoms with Crippen LogP contribution in [0.15, 0.2) is 30.3 Å². The molecule has 1 rings (SSSR count). The van der Waals surface area contributed by atoms with Crippen molar-refractivity contribution >= 4 is 25.4 Å². The van der Waals surface area contributed by atoms with Crippen molar-refractivity contribution in [3.05, 3.63) is 30.3 Å². The number of carbonyl (C=O) groups is 1. The predicted octanol–water partition coefficient (Wildman–Crippen LogP) is 4.52. The van der Waals surface area contributed by atoms with Gasteiger partial charge in [-0.1, -0.05) is 0 Å². The monoisotopic (exact) mass is 414 g/mol. The molecule has 3 nitrogen and oxygen atoms in total. The molecule has 1 atom stereocenters. The predicted molar refractivity (Wildman–Crippen MR) is 106 cm³/mol. The Hall–Kier alpha value is -0.831. The maximum atomic E-state index is 11.2. The second-order valence-corrected chi connectivity index (χ2v) is 8.46. The van der Waals surface area contributed by atoms with Crippen LogP contribution >= 0.6 is 0 Å². The van der Waals surface area contributed by atoms with Crippen LogP contribution in [0.5, 0.6) is 0 Å². The summed E-state index contributed by atoms with van der Waals surface area (Å²) in [7, 11) is 0. The van der Waals surface area contributed by atoms with Gasteiger partial charge in [0.05, 0.1) is 6.61 Å². The molecule has 0 aliphatic rings. The van der Waals surface area contributed by atoms with Gasteiger partial charge in [-0.15, -0.1) is 0 Å². The minimum atomic E-state index is -0.0534. The van der Waals surface area contributed by atoms with Crippen LogP contribution in [0.4, 0.5) is 0 Å². The Bertz CT molecular complexity index is 436. The number of unbranched alkanes of at least 4 members (excludes halogenated alkanes) is 5. The van der Waals surface area contributed by atoms with Crippen molar-refractivity contribution in [1.82, 2.24) is 0 Å². The van der Waals surface area contributed by atoms with Crippen LogP contribution in [-0.2, 0) is 14.3 Å².